The highest BCUT2D eigenvalue weighted by atomic mass is 32.2. The molecule has 0 aliphatic rings. The number of carbonyl (C=O) groups excluding carboxylic acids is 1. The normalized spacial score (nSPS) is 12.0. The standard InChI is InChI=1S/C22H21N5O2S/c1-14-8-11-20(29-3)19(12-14)27-22(24-25-26-27)30-15(2)21(28)23-18-10-9-16-6-4-5-7-17(16)13-18/h4-13,15H,1-3H3,(H,23,28)/t15-/m0/s1. The van der Waals surface area contributed by atoms with E-state index in [1.165, 1.54) is 11.8 Å². The first-order valence-corrected chi connectivity index (χ1v) is 10.3. The Hall–Kier alpha value is -3.39. The Morgan fingerprint density at radius 2 is 1.90 bits per heavy atom. The Morgan fingerprint density at radius 3 is 2.70 bits per heavy atom. The van der Waals surface area contributed by atoms with Gasteiger partial charge >= 0.3 is 0 Å². The van der Waals surface area contributed by atoms with Gasteiger partial charge < -0.3 is 10.1 Å². The lowest BCUT2D eigenvalue weighted by Crippen LogP contribution is -2.23. The number of rotatable bonds is 6. The van der Waals surface area contributed by atoms with E-state index in [1.807, 2.05) is 74.5 Å². The van der Waals surface area contributed by atoms with Gasteiger partial charge in [0.15, 0.2) is 0 Å². The maximum atomic E-state index is 12.8. The fourth-order valence-electron chi connectivity index (χ4n) is 3.09. The summed E-state index contributed by atoms with van der Waals surface area (Å²) in [5, 5.41) is 17.3. The number of aromatic nitrogens is 4. The van der Waals surface area contributed by atoms with Crippen molar-refractivity contribution in [2.75, 3.05) is 12.4 Å². The molecule has 0 unspecified atom stereocenters. The van der Waals surface area contributed by atoms with Gasteiger partial charge in [0.25, 0.3) is 0 Å². The van der Waals surface area contributed by atoms with Crippen molar-refractivity contribution in [3.63, 3.8) is 0 Å². The fourth-order valence-corrected chi connectivity index (χ4v) is 3.89. The van der Waals surface area contributed by atoms with Crippen LogP contribution in [-0.4, -0.2) is 38.5 Å². The van der Waals surface area contributed by atoms with Crippen molar-refractivity contribution in [3.8, 4) is 11.4 Å². The zero-order valence-electron chi connectivity index (χ0n) is 16.9. The number of ether oxygens (including phenoxy) is 1. The average Bonchev–Trinajstić information content (AvgIpc) is 3.21. The zero-order valence-corrected chi connectivity index (χ0v) is 17.7. The molecule has 1 amide bonds. The lowest BCUT2D eigenvalue weighted by atomic mass is 10.1. The minimum Gasteiger partial charge on any atom is -0.494 e. The van der Waals surface area contributed by atoms with Gasteiger partial charge in [-0.05, 0) is 64.9 Å². The first-order chi connectivity index (χ1) is 14.5. The predicted molar refractivity (Wildman–Crippen MR) is 118 cm³/mol. The Bertz CT molecular complexity index is 1210. The number of fused-ring (bicyclic) bond motifs is 1. The number of nitrogens with one attached hydrogen (secondary N) is 1. The molecule has 0 saturated carbocycles. The van der Waals surface area contributed by atoms with Crippen LogP contribution >= 0.6 is 11.8 Å². The maximum Gasteiger partial charge on any atom is 0.237 e. The largest absolute Gasteiger partial charge is 0.494 e. The Balaban J connectivity index is 1.52. The Labute approximate surface area is 178 Å². The number of nitrogens with zero attached hydrogens (tertiary/aromatic N) is 4. The van der Waals surface area contributed by atoms with E-state index in [2.05, 4.69) is 20.8 Å². The summed E-state index contributed by atoms with van der Waals surface area (Å²) in [7, 11) is 1.60. The van der Waals surface area contributed by atoms with E-state index in [9.17, 15) is 4.79 Å². The number of thioether (sulfide) groups is 1. The second kappa shape index (κ2) is 8.54. The van der Waals surface area contributed by atoms with Crippen LogP contribution in [0.25, 0.3) is 16.5 Å². The van der Waals surface area contributed by atoms with Crippen LogP contribution in [0.1, 0.15) is 12.5 Å². The molecule has 4 aromatic rings. The molecule has 0 saturated heterocycles. The smallest absolute Gasteiger partial charge is 0.237 e. The topological polar surface area (TPSA) is 81.9 Å². The van der Waals surface area contributed by atoms with Crippen LogP contribution < -0.4 is 10.1 Å². The summed E-state index contributed by atoms with van der Waals surface area (Å²) in [5.74, 6) is 0.532. The molecule has 1 heterocycles. The molecule has 3 aromatic carbocycles. The van der Waals surface area contributed by atoms with Crippen molar-refractivity contribution in [1.82, 2.24) is 20.2 Å². The predicted octanol–water partition coefficient (Wildman–Crippen LogP) is 4.25. The molecule has 1 N–H and O–H groups in total. The second-order valence-electron chi connectivity index (χ2n) is 6.86. The third kappa shape index (κ3) is 4.13. The van der Waals surface area contributed by atoms with E-state index in [0.717, 1.165) is 27.7 Å². The minimum absolute atomic E-state index is 0.124. The molecule has 30 heavy (non-hydrogen) atoms. The molecule has 7 nitrogen and oxygen atoms in total. The third-order valence-electron chi connectivity index (χ3n) is 4.67. The number of hydrogen-bond acceptors (Lipinski definition) is 6. The zero-order chi connectivity index (χ0) is 21.1. The van der Waals surface area contributed by atoms with Crippen molar-refractivity contribution in [1.29, 1.82) is 0 Å². The minimum atomic E-state index is -0.406. The lowest BCUT2D eigenvalue weighted by Gasteiger charge is -2.13. The van der Waals surface area contributed by atoms with Crippen LogP contribution in [0.2, 0.25) is 0 Å². The monoisotopic (exact) mass is 419 g/mol. The average molecular weight is 420 g/mol. The summed E-state index contributed by atoms with van der Waals surface area (Å²) in [5.41, 5.74) is 2.54. The second-order valence-corrected chi connectivity index (χ2v) is 8.17. The molecule has 1 atom stereocenters. The first-order valence-electron chi connectivity index (χ1n) is 9.45. The first kappa shape index (κ1) is 19.9. The number of benzene rings is 3. The number of aryl methyl sites for hydroxylation is 1. The summed E-state index contributed by atoms with van der Waals surface area (Å²) >= 11 is 1.29. The molecule has 4 rings (SSSR count). The van der Waals surface area contributed by atoms with Crippen LogP contribution in [-0.2, 0) is 4.79 Å². The molecule has 0 fully saturated rings. The molecule has 0 aliphatic heterocycles. The number of carbonyl (C=O) groups is 1. The number of tetrazole rings is 1. The lowest BCUT2D eigenvalue weighted by molar-refractivity contribution is -0.115. The van der Waals surface area contributed by atoms with Gasteiger partial charge in [0.1, 0.15) is 11.4 Å². The van der Waals surface area contributed by atoms with Gasteiger partial charge in [-0.15, -0.1) is 5.10 Å². The van der Waals surface area contributed by atoms with Crippen molar-refractivity contribution >= 4 is 34.1 Å². The molecular weight excluding hydrogens is 398 g/mol. The highest BCUT2D eigenvalue weighted by molar-refractivity contribution is 8.00. The van der Waals surface area contributed by atoms with Gasteiger partial charge in [-0.1, -0.05) is 48.2 Å². The van der Waals surface area contributed by atoms with Crippen molar-refractivity contribution < 1.29 is 9.53 Å². The number of anilines is 1. The van der Waals surface area contributed by atoms with Crippen LogP contribution in [0.3, 0.4) is 0 Å². The maximum absolute atomic E-state index is 12.8. The summed E-state index contributed by atoms with van der Waals surface area (Å²) < 4.78 is 7.03. The molecule has 0 bridgehead atoms. The molecule has 0 spiro atoms. The van der Waals surface area contributed by atoms with Crippen molar-refractivity contribution in [3.05, 3.63) is 66.2 Å². The third-order valence-corrected chi connectivity index (χ3v) is 5.70. The molecule has 1 aromatic heterocycles. The Morgan fingerprint density at radius 1 is 1.10 bits per heavy atom. The fraction of sp³-hybridized carbons (Fsp3) is 0.182. The van der Waals surface area contributed by atoms with E-state index in [1.54, 1.807) is 11.8 Å². The van der Waals surface area contributed by atoms with E-state index in [4.69, 9.17) is 4.74 Å². The quantitative estimate of drug-likeness (QED) is 0.471. The van der Waals surface area contributed by atoms with Crippen LogP contribution in [0.15, 0.2) is 65.8 Å². The van der Waals surface area contributed by atoms with Crippen molar-refractivity contribution in [2.45, 2.75) is 24.3 Å². The number of amides is 1. The summed E-state index contributed by atoms with van der Waals surface area (Å²) in [6.07, 6.45) is 0. The molecular formula is C22H21N5O2S. The summed E-state index contributed by atoms with van der Waals surface area (Å²) in [4.78, 5) is 12.8. The Kier molecular flexibility index (Phi) is 5.67. The summed E-state index contributed by atoms with van der Waals surface area (Å²) in [6.45, 7) is 3.81. The highest BCUT2D eigenvalue weighted by Crippen LogP contribution is 2.29. The molecule has 0 radical (unpaired) electrons. The molecule has 8 heteroatoms. The number of methoxy groups -OCH3 is 1. The van der Waals surface area contributed by atoms with E-state index in [-0.39, 0.29) is 5.91 Å². The van der Waals surface area contributed by atoms with Gasteiger partial charge in [0, 0.05) is 5.69 Å². The van der Waals surface area contributed by atoms with E-state index in [0.29, 0.717) is 10.9 Å². The summed E-state index contributed by atoms with van der Waals surface area (Å²) in [6, 6.07) is 19.7. The van der Waals surface area contributed by atoms with Crippen LogP contribution in [0.5, 0.6) is 5.75 Å². The molecule has 0 aliphatic carbocycles. The van der Waals surface area contributed by atoms with Gasteiger partial charge in [-0.3, -0.25) is 4.79 Å². The highest BCUT2D eigenvalue weighted by Gasteiger charge is 2.21. The van der Waals surface area contributed by atoms with Gasteiger partial charge in [-0.2, -0.15) is 4.68 Å². The van der Waals surface area contributed by atoms with Crippen LogP contribution in [0, 0.1) is 6.92 Å². The van der Waals surface area contributed by atoms with E-state index >= 15 is 0 Å². The van der Waals surface area contributed by atoms with E-state index < -0.39 is 5.25 Å². The van der Waals surface area contributed by atoms with Gasteiger partial charge in [-0.25, -0.2) is 0 Å². The van der Waals surface area contributed by atoms with Gasteiger partial charge in [0.05, 0.1) is 12.4 Å². The SMILES string of the molecule is COc1ccc(C)cc1-n1nnnc1S[C@@H](C)C(=O)Nc1ccc2ccccc2c1. The van der Waals surface area contributed by atoms with Gasteiger partial charge in [0.2, 0.25) is 11.1 Å². The van der Waals surface area contributed by atoms with Crippen molar-refractivity contribution in [2.24, 2.45) is 0 Å². The van der Waals surface area contributed by atoms with Crippen LogP contribution in [0.4, 0.5) is 5.69 Å². The molecule has 152 valence electrons. The number of hydrogen-bond donors (Lipinski definition) is 1.